The Labute approximate surface area is 102 Å². The van der Waals surface area contributed by atoms with Gasteiger partial charge in [0.1, 0.15) is 0 Å². The van der Waals surface area contributed by atoms with Gasteiger partial charge in [0.2, 0.25) is 8.24 Å². The fourth-order valence-corrected chi connectivity index (χ4v) is 6.34. The van der Waals surface area contributed by atoms with Crippen LogP contribution in [0.1, 0.15) is 13.3 Å². The first-order valence-electron chi connectivity index (χ1n) is 6.13. The molecule has 1 aliphatic carbocycles. The minimum absolute atomic E-state index is 1.01. The van der Waals surface area contributed by atoms with Crippen LogP contribution in [0, 0.1) is 0 Å². The lowest BCUT2D eigenvalue weighted by atomic mass is 10.5. The Morgan fingerprint density at radius 3 is 2.31 bits per heavy atom. The van der Waals surface area contributed by atoms with E-state index in [0.29, 0.717) is 0 Å². The molecular weight excluding hydrogens is 226 g/mol. The lowest BCUT2D eigenvalue weighted by molar-refractivity contribution is 1.43. The van der Waals surface area contributed by atoms with E-state index in [9.17, 15) is 0 Å². The summed E-state index contributed by atoms with van der Waals surface area (Å²) in [4.78, 5) is 0. The van der Waals surface area contributed by atoms with Crippen molar-refractivity contribution in [3.63, 3.8) is 0 Å². The zero-order chi connectivity index (χ0) is 12.4. The molecule has 0 aromatic carbocycles. The number of nitrogens with zero attached hydrogens (tertiary/aromatic N) is 1. The van der Waals surface area contributed by atoms with Gasteiger partial charge in [-0.05, 0) is 43.4 Å². The summed E-state index contributed by atoms with van der Waals surface area (Å²) in [5, 5.41) is 1.50. The third-order valence-corrected chi connectivity index (χ3v) is 7.03. The molecule has 0 N–H and O–H groups in total. The van der Waals surface area contributed by atoms with Gasteiger partial charge in [0.05, 0.1) is 8.07 Å². The fourth-order valence-electron chi connectivity index (χ4n) is 2.26. The highest BCUT2D eigenvalue weighted by Crippen LogP contribution is 2.23. The van der Waals surface area contributed by atoms with Crippen molar-refractivity contribution in [2.75, 3.05) is 0 Å². The first-order valence-corrected chi connectivity index (χ1v) is 12.8. The lowest BCUT2D eigenvalue weighted by Crippen LogP contribution is -2.30. The second-order valence-corrected chi connectivity index (χ2v) is 15.8. The monoisotopic (exact) mass is 251 g/mol. The molecule has 1 aliphatic rings. The van der Waals surface area contributed by atoms with Crippen LogP contribution in [-0.2, 0) is 0 Å². The predicted octanol–water partition coefficient (Wildman–Crippen LogP) is 4.42. The van der Waals surface area contributed by atoms with Crippen LogP contribution in [-0.4, -0.2) is 22.0 Å². The average molecular weight is 252 g/mol. The van der Waals surface area contributed by atoms with Gasteiger partial charge in [-0.15, -0.1) is 0 Å². The van der Waals surface area contributed by atoms with E-state index in [2.05, 4.69) is 57.9 Å². The Hall–Kier alpha value is -0.416. The topological polar surface area (TPSA) is 12.4 Å². The van der Waals surface area contributed by atoms with Crippen LogP contribution in [0.5, 0.6) is 0 Å². The minimum Gasteiger partial charge on any atom is -0.325 e. The van der Waals surface area contributed by atoms with E-state index in [1.165, 1.54) is 17.0 Å². The van der Waals surface area contributed by atoms with E-state index in [4.69, 9.17) is 4.66 Å². The van der Waals surface area contributed by atoms with Gasteiger partial charge in [0.15, 0.2) is 0 Å². The zero-order valence-corrected chi connectivity index (χ0v) is 13.6. The third kappa shape index (κ3) is 4.22. The summed E-state index contributed by atoms with van der Waals surface area (Å²) in [6.45, 7) is 14.1. The fraction of sp³-hybridized carbons (Fsp3) is 0.615. The molecule has 0 heterocycles. The van der Waals surface area contributed by atoms with Gasteiger partial charge >= 0.3 is 0 Å². The number of allylic oxidation sites excluding steroid dienone is 4. The molecule has 0 saturated carbocycles. The first-order chi connectivity index (χ1) is 7.21. The summed E-state index contributed by atoms with van der Waals surface area (Å²) in [5.74, 6) is 0. The molecule has 0 spiro atoms. The molecule has 0 aromatic rings. The van der Waals surface area contributed by atoms with E-state index in [0.717, 1.165) is 6.42 Å². The molecule has 16 heavy (non-hydrogen) atoms. The molecule has 0 fully saturated rings. The van der Waals surface area contributed by atoms with Crippen molar-refractivity contribution in [1.82, 2.24) is 0 Å². The average Bonchev–Trinajstić information content (AvgIpc) is 2.49. The van der Waals surface area contributed by atoms with Crippen LogP contribution in [0.25, 0.3) is 0 Å². The lowest BCUT2D eigenvalue weighted by Gasteiger charge is -2.22. The van der Waals surface area contributed by atoms with Crippen molar-refractivity contribution in [2.45, 2.75) is 52.1 Å². The Bertz CT molecular complexity index is 343. The number of rotatable bonds is 4. The highest BCUT2D eigenvalue weighted by atomic mass is 28.3. The molecule has 0 bridgehead atoms. The molecule has 0 aromatic heterocycles. The summed E-state index contributed by atoms with van der Waals surface area (Å²) >= 11 is 0. The second-order valence-electron chi connectivity index (χ2n) is 6.44. The van der Waals surface area contributed by atoms with Gasteiger partial charge in [0, 0.05) is 0 Å². The van der Waals surface area contributed by atoms with Crippen molar-refractivity contribution < 1.29 is 0 Å². The Kier molecular flexibility index (Phi) is 4.13. The van der Waals surface area contributed by atoms with E-state index >= 15 is 0 Å². The largest absolute Gasteiger partial charge is 0.325 e. The zero-order valence-electron chi connectivity index (χ0n) is 11.6. The summed E-state index contributed by atoms with van der Waals surface area (Å²) in [7, 11) is -2.55. The molecule has 3 heteroatoms. The summed E-state index contributed by atoms with van der Waals surface area (Å²) in [6.07, 6.45) is 7.97. The highest BCUT2D eigenvalue weighted by molar-refractivity contribution is 6.85. The van der Waals surface area contributed by atoms with E-state index < -0.39 is 16.3 Å². The number of hydrogen-bond donors (Lipinski definition) is 0. The SMILES string of the molecule is CC(C[Si](C)(C)C)=N[Si](C)(C)C1=CCC=C1. The van der Waals surface area contributed by atoms with Gasteiger partial charge in [-0.3, -0.25) is 0 Å². The maximum absolute atomic E-state index is 5.05. The Balaban J connectivity index is 2.77. The van der Waals surface area contributed by atoms with Crippen LogP contribution in [0.3, 0.4) is 0 Å². The van der Waals surface area contributed by atoms with Crippen LogP contribution in [0.4, 0.5) is 0 Å². The summed E-state index contributed by atoms with van der Waals surface area (Å²) in [6, 6.07) is 1.24. The molecule has 1 rings (SSSR count). The van der Waals surface area contributed by atoms with Gasteiger partial charge in [-0.25, -0.2) is 0 Å². The predicted molar refractivity (Wildman–Crippen MR) is 80.6 cm³/mol. The van der Waals surface area contributed by atoms with Crippen molar-refractivity contribution in [3.8, 4) is 0 Å². The molecule has 0 radical (unpaired) electrons. The molecule has 0 atom stereocenters. The molecule has 0 amide bonds. The van der Waals surface area contributed by atoms with Crippen molar-refractivity contribution >= 4 is 22.0 Å². The maximum atomic E-state index is 5.05. The molecule has 0 saturated heterocycles. The van der Waals surface area contributed by atoms with Gasteiger partial charge in [-0.2, -0.15) is 0 Å². The van der Waals surface area contributed by atoms with Crippen molar-refractivity contribution in [3.05, 3.63) is 23.4 Å². The summed E-state index contributed by atoms with van der Waals surface area (Å²) in [5.41, 5.74) is 1.37. The second kappa shape index (κ2) is 4.84. The van der Waals surface area contributed by atoms with Crippen molar-refractivity contribution in [2.24, 2.45) is 4.66 Å². The standard InChI is InChI=1S/C13H25NSi2/c1-12(11-15(2,3)4)14-16(5,6)13-9-7-8-10-13/h7,9-10H,8,11H2,1-6H3. The molecular formula is C13H25NSi2. The minimum atomic E-state index is -1.55. The Morgan fingerprint density at radius 2 is 1.88 bits per heavy atom. The van der Waals surface area contributed by atoms with Gasteiger partial charge < -0.3 is 4.66 Å². The first kappa shape index (κ1) is 13.6. The van der Waals surface area contributed by atoms with Crippen LogP contribution < -0.4 is 0 Å². The van der Waals surface area contributed by atoms with Gasteiger partial charge in [-0.1, -0.05) is 37.9 Å². The van der Waals surface area contributed by atoms with Gasteiger partial charge in [0.25, 0.3) is 0 Å². The van der Waals surface area contributed by atoms with E-state index in [1.54, 1.807) is 0 Å². The normalized spacial score (nSPS) is 17.9. The highest BCUT2D eigenvalue weighted by Gasteiger charge is 2.26. The molecule has 90 valence electrons. The number of hydrogen-bond acceptors (Lipinski definition) is 1. The van der Waals surface area contributed by atoms with Crippen LogP contribution >= 0.6 is 0 Å². The van der Waals surface area contributed by atoms with Crippen LogP contribution in [0.2, 0.25) is 38.8 Å². The van der Waals surface area contributed by atoms with Crippen molar-refractivity contribution in [1.29, 1.82) is 0 Å². The quantitative estimate of drug-likeness (QED) is 0.518. The van der Waals surface area contributed by atoms with Crippen LogP contribution in [0.15, 0.2) is 28.1 Å². The third-order valence-electron chi connectivity index (χ3n) is 2.73. The Morgan fingerprint density at radius 1 is 1.25 bits per heavy atom. The smallest absolute Gasteiger partial charge is 0.205 e. The van der Waals surface area contributed by atoms with E-state index in [-0.39, 0.29) is 0 Å². The maximum Gasteiger partial charge on any atom is 0.205 e. The summed E-state index contributed by atoms with van der Waals surface area (Å²) < 4.78 is 5.05. The molecule has 0 aliphatic heterocycles. The molecule has 1 nitrogen and oxygen atoms in total. The van der Waals surface area contributed by atoms with E-state index in [1.807, 2.05) is 0 Å². The molecule has 0 unspecified atom stereocenters.